The molecule has 7 nitrogen and oxygen atoms in total. The van der Waals surface area contributed by atoms with E-state index in [1.165, 1.54) is 0 Å². The van der Waals surface area contributed by atoms with Crippen LogP contribution in [0.2, 0.25) is 0 Å². The molecule has 1 unspecified atom stereocenters. The summed E-state index contributed by atoms with van der Waals surface area (Å²) in [6, 6.07) is 11.2. The van der Waals surface area contributed by atoms with Crippen molar-refractivity contribution in [2.24, 2.45) is 0 Å². The number of hydrogen-bond acceptors (Lipinski definition) is 4. The van der Waals surface area contributed by atoms with E-state index in [4.69, 9.17) is 4.74 Å². The van der Waals surface area contributed by atoms with Gasteiger partial charge in [-0.25, -0.2) is 9.78 Å². The van der Waals surface area contributed by atoms with Crippen LogP contribution >= 0.6 is 0 Å². The Morgan fingerprint density at radius 3 is 2.85 bits per heavy atom. The summed E-state index contributed by atoms with van der Waals surface area (Å²) >= 11 is 0. The number of nitrogens with one attached hydrogen (secondary N) is 2. The molecule has 1 atom stereocenters. The topological polar surface area (TPSA) is 81.1 Å². The molecule has 0 radical (unpaired) electrons. The minimum absolute atomic E-state index is 0.0940. The molecule has 0 fully saturated rings. The number of ether oxygens (including phenoxy) is 1. The van der Waals surface area contributed by atoms with E-state index in [0.29, 0.717) is 12.4 Å². The fourth-order valence-corrected chi connectivity index (χ4v) is 2.76. The first-order valence-electron chi connectivity index (χ1n) is 8.60. The Morgan fingerprint density at radius 1 is 1.27 bits per heavy atom. The molecule has 136 valence electrons. The lowest BCUT2D eigenvalue weighted by molar-refractivity contribution is 0.189. The van der Waals surface area contributed by atoms with Crippen molar-refractivity contribution in [1.29, 1.82) is 0 Å². The minimum atomic E-state index is -0.291. The van der Waals surface area contributed by atoms with Crippen LogP contribution in [0.15, 0.2) is 48.8 Å². The zero-order chi connectivity index (χ0) is 18.4. The summed E-state index contributed by atoms with van der Waals surface area (Å²) < 4.78 is 6.96. The molecular weight excluding hydrogens is 330 g/mol. The summed E-state index contributed by atoms with van der Waals surface area (Å²) in [6.07, 6.45) is 4.39. The van der Waals surface area contributed by atoms with Crippen LogP contribution in [0.1, 0.15) is 24.9 Å². The normalized spacial score (nSPS) is 12.1. The number of amides is 2. The Kier molecular flexibility index (Phi) is 5.80. The molecule has 0 bridgehead atoms. The SMILES string of the molecule is COCCCn1ncc2cc(NC(=O)NC(C)c3ccccc3)ncc21. The van der Waals surface area contributed by atoms with E-state index in [2.05, 4.69) is 20.7 Å². The summed E-state index contributed by atoms with van der Waals surface area (Å²) in [6.45, 7) is 3.39. The Bertz CT molecular complexity index is 863. The van der Waals surface area contributed by atoms with Gasteiger partial charge in [0.05, 0.1) is 24.0 Å². The molecule has 2 heterocycles. The van der Waals surface area contributed by atoms with Gasteiger partial charge < -0.3 is 10.1 Å². The number of pyridine rings is 1. The summed E-state index contributed by atoms with van der Waals surface area (Å²) in [7, 11) is 1.68. The van der Waals surface area contributed by atoms with Gasteiger partial charge in [-0.05, 0) is 25.0 Å². The highest BCUT2D eigenvalue weighted by Gasteiger charge is 2.11. The lowest BCUT2D eigenvalue weighted by atomic mass is 10.1. The van der Waals surface area contributed by atoms with Gasteiger partial charge in [0.2, 0.25) is 0 Å². The number of carbonyl (C=O) groups is 1. The number of carbonyl (C=O) groups excluding carboxylic acids is 1. The smallest absolute Gasteiger partial charge is 0.320 e. The average Bonchev–Trinajstić information content (AvgIpc) is 3.05. The highest BCUT2D eigenvalue weighted by Crippen LogP contribution is 2.17. The molecule has 0 saturated carbocycles. The first kappa shape index (κ1) is 17.9. The lowest BCUT2D eigenvalue weighted by Gasteiger charge is -2.14. The quantitative estimate of drug-likeness (QED) is 0.638. The van der Waals surface area contributed by atoms with Crippen LogP contribution in [0.4, 0.5) is 10.6 Å². The molecule has 26 heavy (non-hydrogen) atoms. The van der Waals surface area contributed by atoms with Gasteiger partial charge in [-0.2, -0.15) is 5.10 Å². The van der Waals surface area contributed by atoms with Gasteiger partial charge in [-0.3, -0.25) is 10.00 Å². The molecule has 7 heteroatoms. The third-order valence-corrected chi connectivity index (χ3v) is 4.14. The molecule has 0 spiro atoms. The molecule has 0 aliphatic rings. The van der Waals surface area contributed by atoms with Crippen LogP contribution in [-0.2, 0) is 11.3 Å². The zero-order valence-corrected chi connectivity index (χ0v) is 15.0. The molecular formula is C19H23N5O2. The fourth-order valence-electron chi connectivity index (χ4n) is 2.76. The molecule has 3 aromatic rings. The maximum Gasteiger partial charge on any atom is 0.320 e. The van der Waals surface area contributed by atoms with Crippen LogP contribution in [0.25, 0.3) is 10.9 Å². The summed E-state index contributed by atoms with van der Waals surface area (Å²) in [4.78, 5) is 16.5. The second kappa shape index (κ2) is 8.44. The number of fused-ring (bicyclic) bond motifs is 1. The van der Waals surface area contributed by atoms with E-state index in [1.54, 1.807) is 19.5 Å². The third kappa shape index (κ3) is 4.37. The van der Waals surface area contributed by atoms with Gasteiger partial charge in [-0.1, -0.05) is 30.3 Å². The standard InChI is InChI=1S/C19H23N5O2/c1-14(15-7-4-3-5-8-15)22-19(25)23-18-11-16-12-21-24(9-6-10-26-2)17(16)13-20-18/h3-5,7-8,11-14H,6,9-10H2,1-2H3,(H2,20,22,23,25). The third-order valence-electron chi connectivity index (χ3n) is 4.14. The minimum Gasteiger partial charge on any atom is -0.385 e. The molecule has 0 saturated heterocycles. The van der Waals surface area contributed by atoms with Crippen LogP contribution in [0.5, 0.6) is 0 Å². The van der Waals surface area contributed by atoms with E-state index < -0.39 is 0 Å². The molecule has 0 aliphatic carbocycles. The number of urea groups is 1. The monoisotopic (exact) mass is 353 g/mol. The average molecular weight is 353 g/mol. The molecule has 1 aromatic carbocycles. The largest absolute Gasteiger partial charge is 0.385 e. The summed E-state index contributed by atoms with van der Waals surface area (Å²) in [5.74, 6) is 0.492. The number of benzene rings is 1. The van der Waals surface area contributed by atoms with Crippen LogP contribution in [0.3, 0.4) is 0 Å². The Labute approximate surface area is 152 Å². The van der Waals surface area contributed by atoms with Gasteiger partial charge in [0.15, 0.2) is 0 Å². The van der Waals surface area contributed by atoms with Crippen molar-refractivity contribution < 1.29 is 9.53 Å². The Hall–Kier alpha value is -2.93. The van der Waals surface area contributed by atoms with Crippen molar-refractivity contribution >= 4 is 22.8 Å². The van der Waals surface area contributed by atoms with E-state index >= 15 is 0 Å². The number of hydrogen-bond donors (Lipinski definition) is 2. The number of aromatic nitrogens is 3. The van der Waals surface area contributed by atoms with Crippen molar-refractivity contribution in [2.75, 3.05) is 19.0 Å². The van der Waals surface area contributed by atoms with E-state index in [0.717, 1.165) is 29.4 Å². The van der Waals surface area contributed by atoms with Gasteiger partial charge >= 0.3 is 6.03 Å². The fraction of sp³-hybridized carbons (Fsp3) is 0.316. The van der Waals surface area contributed by atoms with Crippen molar-refractivity contribution in [3.05, 3.63) is 54.4 Å². The second-order valence-corrected chi connectivity index (χ2v) is 6.07. The number of rotatable bonds is 7. The van der Waals surface area contributed by atoms with Crippen molar-refractivity contribution in [2.45, 2.75) is 25.9 Å². The summed E-state index contributed by atoms with van der Waals surface area (Å²) in [5.41, 5.74) is 1.98. The maximum absolute atomic E-state index is 12.2. The van der Waals surface area contributed by atoms with E-state index in [9.17, 15) is 4.79 Å². The number of nitrogens with zero attached hydrogens (tertiary/aromatic N) is 3. The van der Waals surface area contributed by atoms with E-state index in [-0.39, 0.29) is 12.1 Å². The van der Waals surface area contributed by atoms with E-state index in [1.807, 2.05) is 48.0 Å². The molecule has 2 amide bonds. The van der Waals surface area contributed by atoms with Gasteiger partial charge in [0, 0.05) is 25.6 Å². The summed E-state index contributed by atoms with van der Waals surface area (Å²) in [5, 5.41) is 11.0. The number of anilines is 1. The first-order valence-corrected chi connectivity index (χ1v) is 8.60. The van der Waals surface area contributed by atoms with Gasteiger partial charge in [0.25, 0.3) is 0 Å². The molecule has 2 N–H and O–H groups in total. The highest BCUT2D eigenvalue weighted by molar-refractivity contribution is 5.91. The Balaban J connectivity index is 1.62. The number of methoxy groups -OCH3 is 1. The lowest BCUT2D eigenvalue weighted by Crippen LogP contribution is -2.31. The number of aryl methyl sites for hydroxylation is 1. The highest BCUT2D eigenvalue weighted by atomic mass is 16.5. The molecule has 3 rings (SSSR count). The van der Waals surface area contributed by atoms with Crippen molar-refractivity contribution in [1.82, 2.24) is 20.1 Å². The molecule has 0 aliphatic heterocycles. The predicted octanol–water partition coefficient (Wildman–Crippen LogP) is 3.35. The molecule has 2 aromatic heterocycles. The first-order chi connectivity index (χ1) is 12.7. The second-order valence-electron chi connectivity index (χ2n) is 6.07. The Morgan fingerprint density at radius 2 is 2.08 bits per heavy atom. The van der Waals surface area contributed by atoms with Crippen molar-refractivity contribution in [3.8, 4) is 0 Å². The predicted molar refractivity (Wildman–Crippen MR) is 101 cm³/mol. The van der Waals surface area contributed by atoms with Crippen LogP contribution in [-0.4, -0.2) is 34.5 Å². The zero-order valence-electron chi connectivity index (χ0n) is 15.0. The van der Waals surface area contributed by atoms with Crippen molar-refractivity contribution in [3.63, 3.8) is 0 Å². The van der Waals surface area contributed by atoms with Crippen LogP contribution in [0, 0.1) is 0 Å². The van der Waals surface area contributed by atoms with Gasteiger partial charge in [-0.15, -0.1) is 0 Å². The van der Waals surface area contributed by atoms with Crippen LogP contribution < -0.4 is 10.6 Å². The van der Waals surface area contributed by atoms with Gasteiger partial charge in [0.1, 0.15) is 5.82 Å². The maximum atomic E-state index is 12.2.